The van der Waals surface area contributed by atoms with Crippen LogP contribution in [0.15, 0.2) is 41.5 Å². The van der Waals surface area contributed by atoms with E-state index in [0.29, 0.717) is 22.9 Å². The van der Waals surface area contributed by atoms with E-state index in [1.807, 2.05) is 42.0 Å². The number of aryl methyl sites for hydroxylation is 1. The second-order valence-corrected chi connectivity index (χ2v) is 7.17. The molecule has 27 heavy (non-hydrogen) atoms. The van der Waals surface area contributed by atoms with Crippen LogP contribution in [0.25, 0.3) is 16.9 Å². The van der Waals surface area contributed by atoms with Gasteiger partial charge in [-0.1, -0.05) is 37.5 Å². The summed E-state index contributed by atoms with van der Waals surface area (Å²) >= 11 is 0. The van der Waals surface area contributed by atoms with E-state index in [0.717, 1.165) is 36.9 Å². The summed E-state index contributed by atoms with van der Waals surface area (Å²) in [6.45, 7) is 1.94. The first kappa shape index (κ1) is 17.5. The maximum absolute atomic E-state index is 13.1. The Balaban J connectivity index is 1.93. The first-order chi connectivity index (χ1) is 13.1. The number of pyridine rings is 1. The minimum atomic E-state index is -0.473. The summed E-state index contributed by atoms with van der Waals surface area (Å²) in [4.78, 5) is 25.5. The maximum Gasteiger partial charge on any atom is 0.341 e. The molecular weight excluding hydrogens is 342 g/mol. The predicted octanol–water partition coefficient (Wildman–Crippen LogP) is 3.74. The molecule has 1 saturated carbocycles. The molecule has 6 nitrogen and oxygen atoms in total. The minimum Gasteiger partial charge on any atom is -0.465 e. The van der Waals surface area contributed by atoms with Crippen LogP contribution in [0.2, 0.25) is 0 Å². The molecule has 2 heterocycles. The van der Waals surface area contributed by atoms with Gasteiger partial charge in [0, 0.05) is 18.4 Å². The number of carbonyl (C=O) groups excluding carboxylic acids is 1. The molecule has 1 aliphatic carbocycles. The van der Waals surface area contributed by atoms with Gasteiger partial charge in [0.15, 0.2) is 0 Å². The molecular formula is C21H23N3O3. The van der Waals surface area contributed by atoms with E-state index in [-0.39, 0.29) is 5.56 Å². The standard InChI is InChI=1S/C21H23N3O3/c1-14-8-6-7-11-18(14)24-20(25)16-12-23(15-9-4-3-5-10-15)13-17(19(16)22-24)21(26)27-2/h6-8,11-13,15H,3-5,9-10H2,1-2H3. The lowest BCUT2D eigenvalue weighted by Gasteiger charge is -2.25. The Morgan fingerprint density at radius 2 is 1.89 bits per heavy atom. The number of esters is 1. The third kappa shape index (κ3) is 3.05. The van der Waals surface area contributed by atoms with E-state index < -0.39 is 5.97 Å². The number of benzene rings is 1. The van der Waals surface area contributed by atoms with Crippen molar-refractivity contribution < 1.29 is 9.53 Å². The van der Waals surface area contributed by atoms with Crippen molar-refractivity contribution in [3.8, 4) is 16.9 Å². The Morgan fingerprint density at radius 1 is 1.15 bits per heavy atom. The number of hydrogen-bond donors (Lipinski definition) is 0. The number of carbonyl (C=O) groups is 1. The number of methoxy groups -OCH3 is 1. The van der Waals surface area contributed by atoms with Gasteiger partial charge in [-0.2, -0.15) is 9.78 Å². The zero-order chi connectivity index (χ0) is 19.0. The first-order valence-corrected chi connectivity index (χ1v) is 9.39. The predicted molar refractivity (Wildman–Crippen MR) is 103 cm³/mol. The molecule has 0 bridgehead atoms. The van der Waals surface area contributed by atoms with Crippen molar-refractivity contribution in [2.75, 3.05) is 7.11 Å². The summed E-state index contributed by atoms with van der Waals surface area (Å²) in [5, 5.41) is 4.49. The van der Waals surface area contributed by atoms with E-state index >= 15 is 0 Å². The molecule has 1 aromatic rings. The van der Waals surface area contributed by atoms with Crippen LogP contribution >= 0.6 is 0 Å². The molecule has 1 fully saturated rings. The van der Waals surface area contributed by atoms with Gasteiger partial charge in [0.1, 0.15) is 11.3 Å². The van der Waals surface area contributed by atoms with Gasteiger partial charge in [0.2, 0.25) is 0 Å². The summed E-state index contributed by atoms with van der Waals surface area (Å²) in [6, 6.07) is 7.88. The van der Waals surface area contributed by atoms with E-state index in [1.54, 1.807) is 6.20 Å². The molecule has 2 aliphatic heterocycles. The van der Waals surface area contributed by atoms with Crippen molar-refractivity contribution in [2.24, 2.45) is 0 Å². The Labute approximate surface area is 157 Å². The average molecular weight is 365 g/mol. The number of aromatic nitrogens is 3. The number of ether oxygens (including phenoxy) is 1. The van der Waals surface area contributed by atoms with Crippen molar-refractivity contribution in [2.45, 2.75) is 45.1 Å². The zero-order valence-corrected chi connectivity index (χ0v) is 15.6. The molecule has 0 saturated heterocycles. The summed E-state index contributed by atoms with van der Waals surface area (Å²) in [5.74, 6) is -0.473. The monoisotopic (exact) mass is 365 g/mol. The van der Waals surface area contributed by atoms with Crippen LogP contribution in [0.5, 0.6) is 0 Å². The van der Waals surface area contributed by atoms with E-state index in [4.69, 9.17) is 4.74 Å². The normalized spacial score (nSPS) is 15.2. The first-order valence-electron chi connectivity index (χ1n) is 9.39. The number of fused-ring (bicyclic) bond motifs is 1. The van der Waals surface area contributed by atoms with Crippen LogP contribution in [0, 0.1) is 6.92 Å². The molecule has 6 heteroatoms. The smallest absolute Gasteiger partial charge is 0.341 e. The fourth-order valence-electron chi connectivity index (χ4n) is 3.94. The van der Waals surface area contributed by atoms with Gasteiger partial charge in [-0.15, -0.1) is 0 Å². The lowest BCUT2D eigenvalue weighted by atomic mass is 9.94. The van der Waals surface area contributed by atoms with Crippen LogP contribution in [0.3, 0.4) is 0 Å². The zero-order valence-electron chi connectivity index (χ0n) is 15.6. The average Bonchev–Trinajstić information content (AvgIpc) is 3.04. The summed E-state index contributed by atoms with van der Waals surface area (Å²) in [7, 11) is 1.35. The molecule has 0 N–H and O–H groups in total. The summed E-state index contributed by atoms with van der Waals surface area (Å²) in [5.41, 5.74) is 2.63. The lowest BCUT2D eigenvalue weighted by Crippen LogP contribution is -2.19. The quantitative estimate of drug-likeness (QED) is 0.663. The number of rotatable bonds is 3. The van der Waals surface area contributed by atoms with Crippen LogP contribution in [-0.2, 0) is 4.74 Å². The topological polar surface area (TPSA) is 66.1 Å². The highest BCUT2D eigenvalue weighted by Crippen LogP contribution is 2.31. The van der Waals surface area contributed by atoms with Gasteiger partial charge in [0.05, 0.1) is 18.4 Å². The largest absolute Gasteiger partial charge is 0.465 e. The third-order valence-corrected chi connectivity index (χ3v) is 5.43. The number of hydrogen-bond acceptors (Lipinski definition) is 4. The Kier molecular flexibility index (Phi) is 4.56. The van der Waals surface area contributed by atoms with E-state index in [9.17, 15) is 9.59 Å². The van der Waals surface area contributed by atoms with Crippen LogP contribution in [0.1, 0.15) is 54.1 Å². The van der Waals surface area contributed by atoms with Crippen molar-refractivity contribution in [3.05, 3.63) is 58.1 Å². The molecule has 1 aromatic carbocycles. The van der Waals surface area contributed by atoms with Gasteiger partial charge in [0.25, 0.3) is 5.56 Å². The maximum atomic E-state index is 13.1. The minimum absolute atomic E-state index is 0.213. The third-order valence-electron chi connectivity index (χ3n) is 5.43. The molecule has 4 rings (SSSR count). The van der Waals surface area contributed by atoms with E-state index in [1.165, 1.54) is 18.2 Å². The van der Waals surface area contributed by atoms with Crippen molar-refractivity contribution in [3.63, 3.8) is 0 Å². The molecule has 140 valence electrons. The molecule has 3 aliphatic rings. The molecule has 0 unspecified atom stereocenters. The van der Waals surface area contributed by atoms with Gasteiger partial charge >= 0.3 is 5.97 Å². The Morgan fingerprint density at radius 3 is 2.59 bits per heavy atom. The molecule has 0 aromatic heterocycles. The van der Waals surface area contributed by atoms with Crippen molar-refractivity contribution in [1.82, 2.24) is 14.3 Å². The van der Waals surface area contributed by atoms with Gasteiger partial charge in [-0.05, 0) is 31.4 Å². The fraction of sp³-hybridized carbons (Fsp3) is 0.381. The van der Waals surface area contributed by atoms with Crippen LogP contribution in [0.4, 0.5) is 0 Å². The lowest BCUT2D eigenvalue weighted by molar-refractivity contribution is 0.0600. The van der Waals surface area contributed by atoms with Crippen LogP contribution < -0.4 is 5.56 Å². The number of para-hydroxylation sites is 1. The number of nitrogens with zero attached hydrogens (tertiary/aromatic N) is 3. The van der Waals surface area contributed by atoms with Gasteiger partial charge in [-0.25, -0.2) is 4.79 Å². The van der Waals surface area contributed by atoms with Gasteiger partial charge < -0.3 is 9.30 Å². The van der Waals surface area contributed by atoms with Crippen LogP contribution in [-0.4, -0.2) is 27.4 Å². The molecule has 0 amide bonds. The van der Waals surface area contributed by atoms with Gasteiger partial charge in [-0.3, -0.25) is 4.79 Å². The van der Waals surface area contributed by atoms with E-state index in [2.05, 4.69) is 5.10 Å². The van der Waals surface area contributed by atoms with Crippen molar-refractivity contribution in [1.29, 1.82) is 0 Å². The second-order valence-electron chi connectivity index (χ2n) is 7.17. The highest BCUT2D eigenvalue weighted by molar-refractivity contribution is 5.96. The van der Waals surface area contributed by atoms with Crippen molar-refractivity contribution >= 4 is 5.97 Å². The highest BCUT2D eigenvalue weighted by atomic mass is 16.5. The highest BCUT2D eigenvalue weighted by Gasteiger charge is 2.27. The summed E-state index contributed by atoms with van der Waals surface area (Å²) < 4.78 is 8.36. The Bertz CT molecular complexity index is 1010. The molecule has 0 atom stereocenters. The SMILES string of the molecule is COC(=O)c1cn(C2CCCCC2)cc2c(=O)n(-c3ccccc3C)nc1-2. The summed E-state index contributed by atoms with van der Waals surface area (Å²) in [6.07, 6.45) is 9.31. The Hall–Kier alpha value is -2.89. The fourth-order valence-corrected chi connectivity index (χ4v) is 3.94. The molecule has 0 radical (unpaired) electrons. The second kappa shape index (κ2) is 7.02. The molecule has 0 spiro atoms.